The highest BCUT2D eigenvalue weighted by Crippen LogP contribution is 2.21. The van der Waals surface area contributed by atoms with Crippen molar-refractivity contribution in [3.63, 3.8) is 0 Å². The van der Waals surface area contributed by atoms with Crippen molar-refractivity contribution in [2.75, 3.05) is 44.0 Å². The van der Waals surface area contributed by atoms with Gasteiger partial charge in [0.05, 0.1) is 5.69 Å². The van der Waals surface area contributed by atoms with Crippen molar-refractivity contribution in [2.45, 2.75) is 19.0 Å². The van der Waals surface area contributed by atoms with Crippen LogP contribution in [0.4, 0.5) is 11.8 Å². The van der Waals surface area contributed by atoms with Gasteiger partial charge in [-0.1, -0.05) is 0 Å². The van der Waals surface area contributed by atoms with Gasteiger partial charge in [-0.3, -0.25) is 9.58 Å². The van der Waals surface area contributed by atoms with Crippen molar-refractivity contribution in [3.8, 4) is 0 Å². The number of rotatable bonds is 5. The molecule has 7 nitrogen and oxygen atoms in total. The average Bonchev–Trinajstić information content (AvgIpc) is 3.17. The lowest BCUT2D eigenvalue weighted by Gasteiger charge is -2.25. The van der Waals surface area contributed by atoms with Gasteiger partial charge in [-0.25, -0.2) is 4.98 Å². The molecule has 0 bridgehead atoms. The van der Waals surface area contributed by atoms with Gasteiger partial charge in [0.15, 0.2) is 0 Å². The summed E-state index contributed by atoms with van der Waals surface area (Å²) in [7, 11) is 8.08. The van der Waals surface area contributed by atoms with Gasteiger partial charge in [-0.05, 0) is 18.6 Å². The van der Waals surface area contributed by atoms with Crippen molar-refractivity contribution in [1.82, 2.24) is 24.6 Å². The molecule has 0 radical (unpaired) electrons. The number of hydrogen-bond donors (Lipinski definition) is 0. The third-order valence-electron chi connectivity index (χ3n) is 4.51. The molecule has 2 aromatic heterocycles. The highest BCUT2D eigenvalue weighted by molar-refractivity contribution is 5.42. The summed E-state index contributed by atoms with van der Waals surface area (Å²) in [5, 5.41) is 4.24. The van der Waals surface area contributed by atoms with Crippen LogP contribution in [0, 0.1) is 0 Å². The standard InChI is InChI=1S/C16H25N7/c1-20(2)15-6-8-17-16(19-15)21(3)13-7-10-23(11-13)12-14-5-9-18-22(14)4/h5-6,8-9,13H,7,10-12H2,1-4H3. The molecule has 0 aliphatic carbocycles. The number of aromatic nitrogens is 4. The molecular weight excluding hydrogens is 290 g/mol. The topological polar surface area (TPSA) is 53.3 Å². The van der Waals surface area contributed by atoms with Gasteiger partial charge in [0.25, 0.3) is 0 Å². The molecule has 0 N–H and O–H groups in total. The highest BCUT2D eigenvalue weighted by Gasteiger charge is 2.27. The Morgan fingerprint density at radius 2 is 2.04 bits per heavy atom. The zero-order chi connectivity index (χ0) is 16.4. The van der Waals surface area contributed by atoms with E-state index in [0.29, 0.717) is 6.04 Å². The van der Waals surface area contributed by atoms with Crippen LogP contribution < -0.4 is 9.80 Å². The molecule has 3 heterocycles. The lowest BCUT2D eigenvalue weighted by molar-refractivity contribution is 0.316. The zero-order valence-electron chi connectivity index (χ0n) is 14.3. The molecule has 0 aromatic carbocycles. The Labute approximate surface area is 137 Å². The monoisotopic (exact) mass is 315 g/mol. The Morgan fingerprint density at radius 1 is 1.22 bits per heavy atom. The fraction of sp³-hybridized carbons (Fsp3) is 0.562. The van der Waals surface area contributed by atoms with Gasteiger partial charge in [0.1, 0.15) is 5.82 Å². The van der Waals surface area contributed by atoms with Crippen LogP contribution in [-0.2, 0) is 13.6 Å². The summed E-state index contributed by atoms with van der Waals surface area (Å²) in [5.41, 5.74) is 1.25. The zero-order valence-corrected chi connectivity index (χ0v) is 14.3. The first-order valence-electron chi connectivity index (χ1n) is 7.97. The predicted molar refractivity (Wildman–Crippen MR) is 91.7 cm³/mol. The fourth-order valence-corrected chi connectivity index (χ4v) is 2.98. The van der Waals surface area contributed by atoms with Crippen LogP contribution >= 0.6 is 0 Å². The van der Waals surface area contributed by atoms with E-state index in [4.69, 9.17) is 0 Å². The minimum atomic E-state index is 0.445. The number of nitrogens with zero attached hydrogens (tertiary/aromatic N) is 7. The summed E-state index contributed by atoms with van der Waals surface area (Å²) < 4.78 is 1.95. The number of hydrogen-bond acceptors (Lipinski definition) is 6. The van der Waals surface area contributed by atoms with E-state index in [1.54, 1.807) is 0 Å². The largest absolute Gasteiger partial charge is 0.363 e. The average molecular weight is 315 g/mol. The molecule has 2 aromatic rings. The van der Waals surface area contributed by atoms with E-state index in [0.717, 1.165) is 37.8 Å². The summed E-state index contributed by atoms with van der Waals surface area (Å²) in [6.07, 6.45) is 4.82. The van der Waals surface area contributed by atoms with Crippen LogP contribution in [0.2, 0.25) is 0 Å². The summed E-state index contributed by atoms with van der Waals surface area (Å²) in [5.74, 6) is 1.73. The highest BCUT2D eigenvalue weighted by atomic mass is 15.3. The van der Waals surface area contributed by atoms with Crippen molar-refractivity contribution < 1.29 is 0 Å². The van der Waals surface area contributed by atoms with Gasteiger partial charge >= 0.3 is 0 Å². The van der Waals surface area contributed by atoms with E-state index in [2.05, 4.69) is 38.0 Å². The maximum Gasteiger partial charge on any atom is 0.227 e. The van der Waals surface area contributed by atoms with Crippen LogP contribution in [0.1, 0.15) is 12.1 Å². The van der Waals surface area contributed by atoms with E-state index in [1.165, 1.54) is 5.69 Å². The van der Waals surface area contributed by atoms with Crippen molar-refractivity contribution in [1.29, 1.82) is 0 Å². The van der Waals surface area contributed by atoms with Gasteiger partial charge in [-0.15, -0.1) is 0 Å². The molecule has 0 saturated carbocycles. The number of aryl methyl sites for hydroxylation is 1. The Kier molecular flexibility index (Phi) is 4.47. The third-order valence-corrected chi connectivity index (χ3v) is 4.51. The van der Waals surface area contributed by atoms with E-state index in [-0.39, 0.29) is 0 Å². The van der Waals surface area contributed by atoms with Crippen LogP contribution in [0.25, 0.3) is 0 Å². The van der Waals surface area contributed by atoms with Gasteiger partial charge in [-0.2, -0.15) is 10.1 Å². The molecule has 1 aliphatic rings. The van der Waals surface area contributed by atoms with Gasteiger partial charge in [0.2, 0.25) is 5.95 Å². The van der Waals surface area contributed by atoms with Crippen molar-refractivity contribution in [2.24, 2.45) is 7.05 Å². The molecule has 1 unspecified atom stereocenters. The molecule has 7 heteroatoms. The number of likely N-dealkylation sites (N-methyl/N-ethyl adjacent to an activating group) is 1. The maximum atomic E-state index is 4.64. The number of anilines is 2. The fourth-order valence-electron chi connectivity index (χ4n) is 2.98. The first-order chi connectivity index (χ1) is 11.0. The molecular formula is C16H25N7. The molecule has 1 aliphatic heterocycles. The first kappa shape index (κ1) is 15.7. The normalized spacial score (nSPS) is 18.3. The molecule has 3 rings (SSSR count). The number of likely N-dealkylation sites (tertiary alicyclic amines) is 1. The minimum Gasteiger partial charge on any atom is -0.363 e. The van der Waals surface area contributed by atoms with Crippen molar-refractivity contribution in [3.05, 3.63) is 30.2 Å². The van der Waals surface area contributed by atoms with Crippen molar-refractivity contribution >= 4 is 11.8 Å². The van der Waals surface area contributed by atoms with Gasteiger partial charge < -0.3 is 9.80 Å². The third kappa shape index (κ3) is 3.44. The van der Waals surface area contributed by atoms with Crippen LogP contribution in [0.15, 0.2) is 24.5 Å². The Bertz CT molecular complexity index is 651. The lowest BCUT2D eigenvalue weighted by atomic mass is 10.2. The molecule has 1 atom stereocenters. The van der Waals surface area contributed by atoms with E-state index < -0.39 is 0 Å². The van der Waals surface area contributed by atoms with E-state index in [9.17, 15) is 0 Å². The smallest absolute Gasteiger partial charge is 0.227 e. The first-order valence-corrected chi connectivity index (χ1v) is 7.97. The second-order valence-corrected chi connectivity index (χ2v) is 6.34. The molecule has 0 amide bonds. The van der Waals surface area contributed by atoms with E-state index in [1.807, 2.05) is 49.2 Å². The van der Waals surface area contributed by atoms with Crippen LogP contribution in [-0.4, -0.2) is 64.9 Å². The summed E-state index contributed by atoms with van der Waals surface area (Å²) >= 11 is 0. The Hall–Kier alpha value is -2.15. The lowest BCUT2D eigenvalue weighted by Crippen LogP contribution is -2.35. The SMILES string of the molecule is CN(C)c1ccnc(N(C)C2CCN(Cc3ccnn3C)C2)n1. The summed E-state index contributed by atoms with van der Waals surface area (Å²) in [6, 6.07) is 4.46. The van der Waals surface area contributed by atoms with E-state index >= 15 is 0 Å². The Morgan fingerprint density at radius 3 is 2.74 bits per heavy atom. The second-order valence-electron chi connectivity index (χ2n) is 6.34. The molecule has 0 spiro atoms. The van der Waals surface area contributed by atoms with Crippen LogP contribution in [0.5, 0.6) is 0 Å². The van der Waals surface area contributed by atoms with Gasteiger partial charge in [0, 0.05) is 66.3 Å². The summed E-state index contributed by atoms with van der Waals surface area (Å²) in [4.78, 5) is 15.7. The minimum absolute atomic E-state index is 0.445. The second kappa shape index (κ2) is 6.54. The maximum absolute atomic E-state index is 4.64. The molecule has 1 saturated heterocycles. The summed E-state index contributed by atoms with van der Waals surface area (Å²) in [6.45, 7) is 3.06. The van der Waals surface area contributed by atoms with Crippen LogP contribution in [0.3, 0.4) is 0 Å². The molecule has 23 heavy (non-hydrogen) atoms. The molecule has 124 valence electrons. The quantitative estimate of drug-likeness (QED) is 0.820. The molecule has 1 fully saturated rings. The Balaban J connectivity index is 1.64. The predicted octanol–water partition coefficient (Wildman–Crippen LogP) is 0.987.